The van der Waals surface area contributed by atoms with Crippen molar-refractivity contribution in [2.24, 2.45) is 0 Å². The maximum atomic E-state index is 12.9. The first kappa shape index (κ1) is 74.2. The molecule has 0 aromatic heterocycles. The summed E-state index contributed by atoms with van der Waals surface area (Å²) in [5.74, 6) is -2.38. The highest BCUT2D eigenvalue weighted by molar-refractivity contribution is 5.70. The summed E-state index contributed by atoms with van der Waals surface area (Å²) in [7, 11) is 5.89. The van der Waals surface area contributed by atoms with Crippen molar-refractivity contribution in [2.45, 2.75) is 232 Å². The molecular formula is C70H113NO8. The van der Waals surface area contributed by atoms with E-state index in [0.717, 1.165) is 96.3 Å². The number of hydrogen-bond acceptors (Lipinski definition) is 8. The van der Waals surface area contributed by atoms with Gasteiger partial charge in [0.1, 0.15) is 13.2 Å². The zero-order valence-corrected chi connectivity index (χ0v) is 50.7. The van der Waals surface area contributed by atoms with Gasteiger partial charge in [-0.2, -0.15) is 0 Å². The molecule has 0 aromatic rings. The fourth-order valence-electron chi connectivity index (χ4n) is 7.90. The van der Waals surface area contributed by atoms with E-state index in [1.807, 2.05) is 21.1 Å². The van der Waals surface area contributed by atoms with E-state index in [2.05, 4.69) is 160 Å². The van der Waals surface area contributed by atoms with Crippen LogP contribution in [0.15, 0.2) is 146 Å². The highest BCUT2D eigenvalue weighted by atomic mass is 16.7. The largest absolute Gasteiger partial charge is 0.545 e. The van der Waals surface area contributed by atoms with E-state index < -0.39 is 24.3 Å². The molecule has 0 aliphatic heterocycles. The van der Waals surface area contributed by atoms with Crippen LogP contribution in [0.3, 0.4) is 0 Å². The molecule has 0 amide bonds. The Balaban J connectivity index is 4.28. The molecule has 0 aromatic carbocycles. The minimum Gasteiger partial charge on any atom is -0.545 e. The fraction of sp³-hybridized carbons (Fsp3) is 0.614. The molecule has 0 spiro atoms. The van der Waals surface area contributed by atoms with Gasteiger partial charge in [0.15, 0.2) is 12.4 Å². The highest BCUT2D eigenvalue weighted by Gasteiger charge is 2.22. The lowest BCUT2D eigenvalue weighted by atomic mass is 10.0. The topological polar surface area (TPSA) is 111 Å². The summed E-state index contributed by atoms with van der Waals surface area (Å²) in [6, 6.07) is 0. The van der Waals surface area contributed by atoms with Crippen LogP contribution in [0.4, 0.5) is 0 Å². The minimum atomic E-state index is -1.65. The van der Waals surface area contributed by atoms with Crippen molar-refractivity contribution in [3.63, 3.8) is 0 Å². The van der Waals surface area contributed by atoms with Gasteiger partial charge in [-0.15, -0.1) is 0 Å². The smallest absolute Gasteiger partial charge is 0.306 e. The zero-order valence-electron chi connectivity index (χ0n) is 50.7. The Morgan fingerprint density at radius 3 is 1.05 bits per heavy atom. The number of carboxylic acids is 1. The number of nitrogens with zero attached hydrogens (tertiary/aromatic N) is 1. The average molecular weight is 1100 g/mol. The van der Waals surface area contributed by atoms with E-state index in [0.29, 0.717) is 23.9 Å². The predicted octanol–water partition coefficient (Wildman–Crippen LogP) is 17.5. The highest BCUT2D eigenvalue weighted by Crippen LogP contribution is 2.15. The normalized spacial score (nSPS) is 13.8. The number of carbonyl (C=O) groups is 3. The summed E-state index contributed by atoms with van der Waals surface area (Å²) in [6.07, 6.45) is 83.4. The van der Waals surface area contributed by atoms with Crippen LogP contribution in [0, 0.1) is 0 Å². The average Bonchev–Trinajstić information content (AvgIpc) is 3.42. The third-order valence-corrected chi connectivity index (χ3v) is 12.6. The summed E-state index contributed by atoms with van der Waals surface area (Å²) < 4.78 is 22.6. The molecule has 9 heteroatoms. The van der Waals surface area contributed by atoms with Gasteiger partial charge in [-0.1, -0.05) is 243 Å². The molecule has 0 rings (SSSR count). The Labute approximate surface area is 483 Å². The molecule has 446 valence electrons. The number of esters is 2. The molecule has 0 radical (unpaired) electrons. The number of carbonyl (C=O) groups excluding carboxylic acids is 3. The lowest BCUT2D eigenvalue weighted by Gasteiger charge is -2.26. The van der Waals surface area contributed by atoms with E-state index in [4.69, 9.17) is 18.9 Å². The molecule has 79 heavy (non-hydrogen) atoms. The van der Waals surface area contributed by atoms with Crippen LogP contribution in [0.25, 0.3) is 0 Å². The van der Waals surface area contributed by atoms with Crippen LogP contribution < -0.4 is 5.11 Å². The van der Waals surface area contributed by atoms with Gasteiger partial charge in [-0.3, -0.25) is 9.59 Å². The molecule has 0 aliphatic rings. The zero-order chi connectivity index (χ0) is 57.6. The lowest BCUT2D eigenvalue weighted by molar-refractivity contribution is -0.870. The number of aliphatic carboxylic acids is 1. The predicted molar refractivity (Wildman–Crippen MR) is 333 cm³/mol. The summed E-state index contributed by atoms with van der Waals surface area (Å²) in [6.45, 7) is 4.44. The summed E-state index contributed by atoms with van der Waals surface area (Å²) in [5.41, 5.74) is 0. The van der Waals surface area contributed by atoms with Gasteiger partial charge in [0, 0.05) is 12.8 Å². The molecular weight excluding hydrogens is 983 g/mol. The first-order valence-electron chi connectivity index (χ1n) is 31.0. The summed E-state index contributed by atoms with van der Waals surface area (Å²) in [4.78, 5) is 37.3. The SMILES string of the molecule is CC/C=C\C/C=C\C/C=C\C/C=C\C/C=C\C/C=C\C/C=C\CCCC(=O)OC(COC(=O)CCCCCCCCCCCCCCCCC/C=C\C/C=C\C/C=C\C/C=C\C/C=C\CC)COC(OCC[N+](C)(C)C)C(=O)[O-]. The number of hydrogen-bond donors (Lipinski definition) is 0. The Kier molecular flexibility index (Phi) is 55.7. The quantitative estimate of drug-likeness (QED) is 0.0195. The van der Waals surface area contributed by atoms with Gasteiger partial charge >= 0.3 is 11.9 Å². The van der Waals surface area contributed by atoms with Crippen molar-refractivity contribution >= 4 is 17.9 Å². The van der Waals surface area contributed by atoms with Gasteiger partial charge < -0.3 is 33.3 Å². The van der Waals surface area contributed by atoms with Crippen LogP contribution in [-0.4, -0.2) is 82.3 Å². The minimum absolute atomic E-state index is 0.129. The van der Waals surface area contributed by atoms with E-state index >= 15 is 0 Å². The molecule has 2 atom stereocenters. The third-order valence-electron chi connectivity index (χ3n) is 12.6. The Hall–Kier alpha value is -4.83. The van der Waals surface area contributed by atoms with Crippen molar-refractivity contribution < 1.29 is 42.9 Å². The van der Waals surface area contributed by atoms with Gasteiger partial charge in [-0.25, -0.2) is 0 Å². The number of carboxylic acid groups (broad SMARTS) is 1. The van der Waals surface area contributed by atoms with Gasteiger partial charge in [0.25, 0.3) is 0 Å². The standard InChI is InChI=1S/C70H113NO8/c1-6-8-10-12-14-16-18-20-22-24-26-28-30-31-32-33-34-35-36-37-39-40-42-44-46-48-50-52-54-56-58-60-67(72)77-64-66(65-78-70(69(74)75)76-63-62-71(3,4)5)79-68(73)61-59-57-55-53-51-49-47-45-43-41-38-29-27-25-23-21-19-17-15-13-11-9-7-2/h8-11,14-17,20-23,26-29,31-32,41,43,47,49,53,55,66,70H,6-7,12-13,18-19,24-25,30,33-40,42,44-46,48,50-52,54,56-65H2,1-5H3/b10-8-,11-9-,16-14-,17-15-,22-20-,23-21-,28-26-,29-27-,32-31-,43-41-,49-47-,55-53-. The maximum absolute atomic E-state index is 12.9. The molecule has 0 bridgehead atoms. The lowest BCUT2D eigenvalue weighted by Crippen LogP contribution is -2.44. The number of rotatable bonds is 55. The van der Waals surface area contributed by atoms with Crippen molar-refractivity contribution in [2.75, 3.05) is 47.5 Å². The van der Waals surface area contributed by atoms with Crippen LogP contribution in [0.5, 0.6) is 0 Å². The van der Waals surface area contributed by atoms with Gasteiger partial charge in [0.2, 0.25) is 0 Å². The van der Waals surface area contributed by atoms with Crippen molar-refractivity contribution in [1.29, 1.82) is 0 Å². The monoisotopic (exact) mass is 1100 g/mol. The first-order valence-corrected chi connectivity index (χ1v) is 31.0. The number of unbranched alkanes of at least 4 members (excludes halogenated alkanes) is 16. The molecule has 0 saturated heterocycles. The van der Waals surface area contributed by atoms with Crippen LogP contribution in [-0.2, 0) is 33.3 Å². The van der Waals surface area contributed by atoms with Crippen molar-refractivity contribution in [3.8, 4) is 0 Å². The second-order valence-electron chi connectivity index (χ2n) is 21.2. The fourth-order valence-corrected chi connectivity index (χ4v) is 7.90. The van der Waals surface area contributed by atoms with Gasteiger partial charge in [0.05, 0.1) is 40.3 Å². The third kappa shape index (κ3) is 60.7. The molecule has 2 unspecified atom stereocenters. The van der Waals surface area contributed by atoms with Crippen molar-refractivity contribution in [1.82, 2.24) is 0 Å². The summed E-state index contributed by atoms with van der Waals surface area (Å²) >= 11 is 0. The number of quaternary nitrogens is 1. The Morgan fingerprint density at radius 2 is 0.696 bits per heavy atom. The van der Waals surface area contributed by atoms with Gasteiger partial charge in [-0.05, 0) is 109 Å². The number of allylic oxidation sites excluding steroid dienone is 24. The van der Waals surface area contributed by atoms with Crippen molar-refractivity contribution in [3.05, 3.63) is 146 Å². The number of likely N-dealkylation sites (N-methyl/N-ethyl adjacent to an activating group) is 1. The molecule has 0 saturated carbocycles. The molecule has 0 heterocycles. The van der Waals surface area contributed by atoms with E-state index in [1.54, 1.807) is 0 Å². The Morgan fingerprint density at radius 1 is 0.380 bits per heavy atom. The second-order valence-corrected chi connectivity index (χ2v) is 21.2. The second kappa shape index (κ2) is 59.3. The van der Waals surface area contributed by atoms with E-state index in [1.165, 1.54) is 83.5 Å². The summed E-state index contributed by atoms with van der Waals surface area (Å²) in [5, 5.41) is 11.8. The van der Waals surface area contributed by atoms with E-state index in [9.17, 15) is 19.5 Å². The number of ether oxygens (including phenoxy) is 4. The molecule has 0 N–H and O–H groups in total. The van der Waals surface area contributed by atoms with E-state index in [-0.39, 0.29) is 38.6 Å². The first-order chi connectivity index (χ1) is 38.6. The Bertz CT molecular complexity index is 1800. The van der Waals surface area contributed by atoms with Crippen LogP contribution in [0.1, 0.15) is 219 Å². The molecule has 0 fully saturated rings. The van der Waals surface area contributed by atoms with Crippen LogP contribution in [0.2, 0.25) is 0 Å². The molecule has 0 aliphatic carbocycles. The molecule has 9 nitrogen and oxygen atoms in total. The van der Waals surface area contributed by atoms with Crippen LogP contribution >= 0.6 is 0 Å². The maximum Gasteiger partial charge on any atom is 0.306 e.